The molecule has 1 aromatic carbocycles. The molecule has 0 amide bonds. The van der Waals surface area contributed by atoms with E-state index >= 15 is 0 Å². The van der Waals surface area contributed by atoms with Crippen molar-refractivity contribution >= 4 is 70.6 Å². The Hall–Kier alpha value is 1.32. The summed E-state index contributed by atoms with van der Waals surface area (Å²) in [6.45, 7) is 14.1. The third-order valence-electron chi connectivity index (χ3n) is 22.2. The van der Waals surface area contributed by atoms with Crippen LogP contribution in [0.5, 0.6) is 0 Å². The molecule has 102 heavy (non-hydrogen) atoms. The molecule has 0 bridgehead atoms. The topological polar surface area (TPSA) is 0 Å². The van der Waals surface area contributed by atoms with Crippen LogP contribution in [0.4, 0.5) is 0 Å². The summed E-state index contributed by atoms with van der Waals surface area (Å²) in [6, 6.07) is 0. The van der Waals surface area contributed by atoms with E-state index in [-0.39, 0.29) is 0 Å². The Morgan fingerprint density at radius 2 is 0.167 bits per heavy atom. The number of hydrogen-bond acceptors (Lipinski definition) is 6. The minimum Gasteiger partial charge on any atom is -0.124 e. The lowest BCUT2D eigenvalue weighted by atomic mass is 10.1. The van der Waals surface area contributed by atoms with Crippen molar-refractivity contribution in [3.05, 3.63) is 0 Å². The molecule has 1 aromatic rings. The van der Waals surface area contributed by atoms with Crippen LogP contribution in [0.15, 0.2) is 29.4 Å². The quantitative estimate of drug-likeness (QED) is 0.0468. The van der Waals surface area contributed by atoms with Crippen LogP contribution in [0.3, 0.4) is 0 Å². The van der Waals surface area contributed by atoms with Gasteiger partial charge in [-0.05, 0) is 73.0 Å². The van der Waals surface area contributed by atoms with Gasteiger partial charge in [-0.3, -0.25) is 0 Å². The second-order valence-electron chi connectivity index (χ2n) is 32.5. The number of hydrogen-bond donors (Lipinski definition) is 0. The van der Waals surface area contributed by atoms with Crippen molar-refractivity contribution in [2.24, 2.45) is 0 Å². The molecule has 0 nitrogen and oxygen atoms in total. The Balaban J connectivity index is 3.70. The van der Waals surface area contributed by atoms with Crippen molar-refractivity contribution in [1.82, 2.24) is 0 Å². The molecule has 0 radical (unpaired) electrons. The third-order valence-corrected chi connectivity index (χ3v) is 30.1. The largest absolute Gasteiger partial charge is 0.124 e. The van der Waals surface area contributed by atoms with Crippen molar-refractivity contribution in [2.75, 3.05) is 34.5 Å². The first-order valence-corrected chi connectivity index (χ1v) is 53.6. The van der Waals surface area contributed by atoms with Crippen LogP contribution in [-0.4, -0.2) is 34.5 Å². The fraction of sp³-hybridized carbons (Fsp3) is 0.938. The standard InChI is InChI=1S/C96H186S6/c1-7-13-19-25-31-37-43-49-55-61-67-73-79-85-97-91-92(98-86-80-74-68-62-56-50-44-38-32-26-20-14-8-2)94(100-88-82-76-70-64-58-52-46-40-34-28-22-16-10-4)96(102-90-84-78-72-66-60-54-48-42-36-30-24-18-12-6)95(101-89-83-77-71-65-59-53-47-41-35-29-23-17-11-5)93(91)99-87-81-75-69-63-57-51-45-39-33-27-21-15-9-3/h7-90H2,1-6H3. The van der Waals surface area contributed by atoms with Gasteiger partial charge in [0.05, 0.1) is 0 Å². The smallest absolute Gasteiger partial charge is 0.0368 e. The summed E-state index contributed by atoms with van der Waals surface area (Å²) in [5.41, 5.74) is 0. The van der Waals surface area contributed by atoms with E-state index in [1.165, 1.54) is 535 Å². The third kappa shape index (κ3) is 69.3. The van der Waals surface area contributed by atoms with Crippen molar-refractivity contribution in [1.29, 1.82) is 0 Å². The monoisotopic (exact) mass is 1530 g/mol. The Morgan fingerprint density at radius 3 is 0.245 bits per heavy atom. The summed E-state index contributed by atoms with van der Waals surface area (Å²) in [4.78, 5) is 10.6. The van der Waals surface area contributed by atoms with Crippen molar-refractivity contribution < 1.29 is 0 Å². The molecule has 0 aliphatic carbocycles. The molecule has 1 rings (SSSR count). The molecule has 0 N–H and O–H groups in total. The van der Waals surface area contributed by atoms with Gasteiger partial charge >= 0.3 is 0 Å². The Bertz CT molecular complexity index is 1390. The van der Waals surface area contributed by atoms with E-state index in [0.717, 1.165) is 0 Å². The Labute approximate surface area is 671 Å². The van der Waals surface area contributed by atoms with Crippen LogP contribution in [0.2, 0.25) is 0 Å². The molecule has 0 unspecified atom stereocenters. The summed E-state index contributed by atoms with van der Waals surface area (Å²) in [6.07, 6.45) is 112. The van der Waals surface area contributed by atoms with E-state index < -0.39 is 0 Å². The van der Waals surface area contributed by atoms with Gasteiger partial charge in [0.15, 0.2) is 0 Å². The van der Waals surface area contributed by atoms with Gasteiger partial charge in [-0.25, -0.2) is 0 Å². The molecule has 0 aromatic heterocycles. The van der Waals surface area contributed by atoms with E-state index in [2.05, 4.69) is 112 Å². The molecule has 0 saturated heterocycles. The van der Waals surface area contributed by atoms with Crippen molar-refractivity contribution in [3.8, 4) is 0 Å². The first-order valence-electron chi connectivity index (χ1n) is 47.7. The Kier molecular flexibility index (Phi) is 87.3. The van der Waals surface area contributed by atoms with E-state index in [4.69, 9.17) is 0 Å². The summed E-state index contributed by atoms with van der Waals surface area (Å²) in [7, 11) is 0. The molecule has 0 atom stereocenters. The molecule has 0 aliphatic rings. The lowest BCUT2D eigenvalue weighted by Crippen LogP contribution is -2.01. The summed E-state index contributed by atoms with van der Waals surface area (Å²) < 4.78 is 0. The second kappa shape index (κ2) is 87.9. The summed E-state index contributed by atoms with van der Waals surface area (Å²) >= 11 is 14.2. The highest BCUT2D eigenvalue weighted by molar-refractivity contribution is 8.06. The SMILES string of the molecule is CCCCCCCCCCCCCCCSc1c(SCCCCCCCCCCCCCCC)c(SCCCCCCCCCCCCCCC)c(SCCCCCCCCCCCCCCC)c(SCCCCCCCCCCCCCCC)c1SCCCCCCCCCCCCCCC. The number of benzene rings is 1. The highest BCUT2D eigenvalue weighted by Gasteiger charge is 2.26. The van der Waals surface area contributed by atoms with Gasteiger partial charge in [0.25, 0.3) is 0 Å². The van der Waals surface area contributed by atoms with Crippen molar-refractivity contribution in [2.45, 2.75) is 572 Å². The van der Waals surface area contributed by atoms with E-state index in [1.807, 2.05) is 0 Å². The van der Waals surface area contributed by atoms with E-state index in [1.54, 1.807) is 29.4 Å². The number of rotatable bonds is 90. The molecule has 0 saturated carbocycles. The van der Waals surface area contributed by atoms with Crippen LogP contribution >= 0.6 is 70.6 Å². The van der Waals surface area contributed by atoms with Crippen LogP contribution < -0.4 is 0 Å². The van der Waals surface area contributed by atoms with Gasteiger partial charge in [-0.1, -0.05) is 504 Å². The second-order valence-corrected chi connectivity index (χ2v) is 39.2. The Morgan fingerprint density at radius 1 is 0.0980 bits per heavy atom. The zero-order valence-corrected chi connectivity index (χ0v) is 75.7. The molecular weight excluding hydrogens is 1350 g/mol. The average Bonchev–Trinajstić information content (AvgIpc) is 0.770. The highest BCUT2D eigenvalue weighted by Crippen LogP contribution is 2.55. The van der Waals surface area contributed by atoms with Gasteiger partial charge in [-0.15, -0.1) is 70.6 Å². The minimum atomic E-state index is 1.30. The highest BCUT2D eigenvalue weighted by atomic mass is 32.2. The van der Waals surface area contributed by atoms with Gasteiger partial charge in [0, 0.05) is 29.4 Å². The molecule has 0 fully saturated rings. The van der Waals surface area contributed by atoms with Gasteiger partial charge in [0.1, 0.15) is 0 Å². The molecule has 0 heterocycles. The number of thioether (sulfide) groups is 6. The first-order chi connectivity index (χ1) is 50.7. The molecular formula is C96H186S6. The van der Waals surface area contributed by atoms with Gasteiger partial charge < -0.3 is 0 Å². The van der Waals surface area contributed by atoms with Crippen LogP contribution in [0.25, 0.3) is 0 Å². The molecule has 6 heteroatoms. The average molecular weight is 1530 g/mol. The fourth-order valence-corrected chi connectivity index (χ4v) is 23.8. The molecule has 606 valence electrons. The molecule has 0 spiro atoms. The van der Waals surface area contributed by atoms with Gasteiger partial charge in [-0.2, -0.15) is 0 Å². The fourth-order valence-electron chi connectivity index (χ4n) is 15.2. The van der Waals surface area contributed by atoms with Gasteiger partial charge in [0.2, 0.25) is 0 Å². The predicted octanol–water partition coefficient (Wildman–Crippen LogP) is 38.8. The summed E-state index contributed by atoms with van der Waals surface area (Å²) in [5.74, 6) is 7.80. The predicted molar refractivity (Wildman–Crippen MR) is 485 cm³/mol. The zero-order valence-electron chi connectivity index (χ0n) is 70.8. The van der Waals surface area contributed by atoms with Crippen LogP contribution in [0, 0.1) is 0 Å². The maximum Gasteiger partial charge on any atom is 0.0368 e. The lowest BCUT2D eigenvalue weighted by Gasteiger charge is -2.25. The summed E-state index contributed by atoms with van der Waals surface area (Å²) in [5, 5.41) is 0. The first kappa shape index (κ1) is 101. The minimum absolute atomic E-state index is 1.30. The van der Waals surface area contributed by atoms with Crippen LogP contribution in [-0.2, 0) is 0 Å². The van der Waals surface area contributed by atoms with Crippen molar-refractivity contribution in [3.63, 3.8) is 0 Å². The van der Waals surface area contributed by atoms with E-state index in [9.17, 15) is 0 Å². The van der Waals surface area contributed by atoms with Crippen LogP contribution in [0.1, 0.15) is 542 Å². The zero-order chi connectivity index (χ0) is 73.1. The van der Waals surface area contributed by atoms with E-state index in [0.29, 0.717) is 0 Å². The maximum absolute atomic E-state index is 2.36. The number of unbranched alkanes of at least 4 members (excludes halogenated alkanes) is 72. The lowest BCUT2D eigenvalue weighted by molar-refractivity contribution is 0.543. The maximum atomic E-state index is 2.36. The normalized spacial score (nSPS) is 11.8. The molecule has 0 aliphatic heterocycles.